The monoisotopic (exact) mass is 239 g/mol. The quantitative estimate of drug-likeness (QED) is 0.735. The van der Waals surface area contributed by atoms with Gasteiger partial charge in [-0.2, -0.15) is 0 Å². The van der Waals surface area contributed by atoms with E-state index in [1.165, 1.54) is 21.2 Å². The Morgan fingerprint density at radius 1 is 1.46 bits per heavy atom. The average molecular weight is 240 g/mol. The maximum atomic E-state index is 3.63. The van der Waals surface area contributed by atoms with Gasteiger partial charge in [0.2, 0.25) is 0 Å². The molecule has 0 saturated heterocycles. The smallest absolute Gasteiger partial charge is 0.0213 e. The topological polar surface area (TPSA) is 12.0 Å². The van der Waals surface area contributed by atoms with Gasteiger partial charge in [0.15, 0.2) is 0 Å². The second kappa shape index (κ2) is 3.43. The van der Waals surface area contributed by atoms with Gasteiger partial charge in [0.25, 0.3) is 0 Å². The fourth-order valence-electron chi connectivity index (χ4n) is 1.89. The highest BCUT2D eigenvalue weighted by Crippen LogP contribution is 2.26. The summed E-state index contributed by atoms with van der Waals surface area (Å²) in [6.45, 7) is 5.38. The van der Waals surface area contributed by atoms with Crippen LogP contribution in [0.15, 0.2) is 16.6 Å². The van der Waals surface area contributed by atoms with Crippen molar-refractivity contribution in [3.05, 3.63) is 33.3 Å². The number of hydrogen-bond acceptors (Lipinski definition) is 1. The highest BCUT2D eigenvalue weighted by molar-refractivity contribution is 9.10. The molecule has 1 nitrogen and oxygen atoms in total. The number of halogens is 1. The van der Waals surface area contributed by atoms with Gasteiger partial charge in [0, 0.05) is 17.1 Å². The number of nitrogens with one attached hydrogen (secondary N) is 1. The van der Waals surface area contributed by atoms with E-state index in [-0.39, 0.29) is 0 Å². The van der Waals surface area contributed by atoms with E-state index in [4.69, 9.17) is 0 Å². The second-order valence-corrected chi connectivity index (χ2v) is 4.72. The van der Waals surface area contributed by atoms with Crippen LogP contribution >= 0.6 is 15.9 Å². The summed E-state index contributed by atoms with van der Waals surface area (Å²) < 4.78 is 1.27. The molecular weight excluding hydrogens is 226 g/mol. The van der Waals surface area contributed by atoms with Crippen molar-refractivity contribution in [1.82, 2.24) is 5.32 Å². The molecule has 70 valence electrons. The lowest BCUT2D eigenvalue weighted by Crippen LogP contribution is -2.33. The maximum absolute atomic E-state index is 3.63. The fraction of sp³-hybridized carbons (Fsp3) is 0.455. The molecule has 0 amide bonds. The summed E-state index contributed by atoms with van der Waals surface area (Å²) >= 11 is 3.63. The summed E-state index contributed by atoms with van der Waals surface area (Å²) in [5.74, 6) is 0. The summed E-state index contributed by atoms with van der Waals surface area (Å²) in [5.41, 5.74) is 4.27. The zero-order valence-electron chi connectivity index (χ0n) is 8.02. The van der Waals surface area contributed by atoms with Crippen LogP contribution in [-0.4, -0.2) is 6.04 Å². The summed E-state index contributed by atoms with van der Waals surface area (Å²) in [6.07, 6.45) is 1.14. The average Bonchev–Trinajstić information content (AvgIpc) is 2.06. The van der Waals surface area contributed by atoms with Crippen LogP contribution in [0.3, 0.4) is 0 Å². The molecule has 0 aliphatic carbocycles. The highest BCUT2D eigenvalue weighted by atomic mass is 79.9. The summed E-state index contributed by atoms with van der Waals surface area (Å²) in [7, 11) is 0. The molecular formula is C11H14BrN. The van der Waals surface area contributed by atoms with E-state index in [9.17, 15) is 0 Å². The van der Waals surface area contributed by atoms with Crippen molar-refractivity contribution in [2.45, 2.75) is 32.9 Å². The minimum Gasteiger partial charge on any atom is -0.310 e. The van der Waals surface area contributed by atoms with Crippen molar-refractivity contribution in [3.63, 3.8) is 0 Å². The lowest BCUT2D eigenvalue weighted by molar-refractivity contribution is 0.512. The lowest BCUT2D eigenvalue weighted by Gasteiger charge is -2.24. The Morgan fingerprint density at radius 2 is 2.23 bits per heavy atom. The molecule has 2 heteroatoms. The Morgan fingerprint density at radius 3 is 3.00 bits per heavy atom. The molecule has 0 saturated carbocycles. The first-order valence-electron chi connectivity index (χ1n) is 4.68. The molecule has 1 aromatic carbocycles. The molecule has 1 aromatic rings. The first-order chi connectivity index (χ1) is 6.16. The molecule has 2 rings (SSSR count). The van der Waals surface area contributed by atoms with Crippen molar-refractivity contribution in [1.29, 1.82) is 0 Å². The third kappa shape index (κ3) is 1.79. The van der Waals surface area contributed by atoms with E-state index < -0.39 is 0 Å². The van der Waals surface area contributed by atoms with E-state index in [2.05, 4.69) is 47.2 Å². The van der Waals surface area contributed by atoms with Crippen molar-refractivity contribution in [2.24, 2.45) is 0 Å². The zero-order chi connectivity index (χ0) is 9.42. The highest BCUT2D eigenvalue weighted by Gasteiger charge is 2.16. The van der Waals surface area contributed by atoms with Crippen LogP contribution < -0.4 is 5.32 Å². The van der Waals surface area contributed by atoms with Crippen LogP contribution in [0.25, 0.3) is 0 Å². The SMILES string of the molecule is Cc1cc(Br)c2c(c1)CNC(C)C2. The molecule has 1 aliphatic heterocycles. The van der Waals surface area contributed by atoms with Gasteiger partial charge < -0.3 is 5.32 Å². The van der Waals surface area contributed by atoms with Gasteiger partial charge in [-0.25, -0.2) is 0 Å². The third-order valence-electron chi connectivity index (χ3n) is 2.58. The van der Waals surface area contributed by atoms with Crippen molar-refractivity contribution in [2.75, 3.05) is 0 Å². The van der Waals surface area contributed by atoms with Gasteiger partial charge >= 0.3 is 0 Å². The van der Waals surface area contributed by atoms with Crippen LogP contribution in [-0.2, 0) is 13.0 Å². The van der Waals surface area contributed by atoms with Gasteiger partial charge in [0.05, 0.1) is 0 Å². The van der Waals surface area contributed by atoms with E-state index in [1.807, 2.05) is 0 Å². The molecule has 1 heterocycles. The Balaban J connectivity index is 2.47. The molecule has 0 spiro atoms. The summed E-state index contributed by atoms with van der Waals surface area (Å²) in [6, 6.07) is 5.09. The molecule has 0 bridgehead atoms. The van der Waals surface area contributed by atoms with Crippen LogP contribution in [0.5, 0.6) is 0 Å². The molecule has 1 aliphatic rings. The number of benzene rings is 1. The number of aryl methyl sites for hydroxylation is 1. The fourth-order valence-corrected chi connectivity index (χ4v) is 2.67. The molecule has 1 atom stereocenters. The minimum atomic E-state index is 0.603. The van der Waals surface area contributed by atoms with Crippen LogP contribution in [0.4, 0.5) is 0 Å². The molecule has 13 heavy (non-hydrogen) atoms. The number of rotatable bonds is 0. The second-order valence-electron chi connectivity index (χ2n) is 3.87. The standard InChI is InChI=1S/C11H14BrN/c1-7-3-9-6-13-8(2)5-10(9)11(12)4-7/h3-4,8,13H,5-6H2,1-2H3. The molecule has 1 unspecified atom stereocenters. The molecule has 0 fully saturated rings. The third-order valence-corrected chi connectivity index (χ3v) is 3.29. The lowest BCUT2D eigenvalue weighted by atomic mass is 9.95. The first kappa shape index (κ1) is 9.22. The van der Waals surface area contributed by atoms with E-state index in [1.54, 1.807) is 0 Å². The Bertz CT molecular complexity index is 333. The normalized spacial score (nSPS) is 21.3. The van der Waals surface area contributed by atoms with Gasteiger partial charge in [-0.15, -0.1) is 0 Å². The molecule has 0 radical (unpaired) electrons. The molecule has 1 N–H and O–H groups in total. The predicted molar refractivity (Wildman–Crippen MR) is 58.9 cm³/mol. The number of hydrogen-bond donors (Lipinski definition) is 1. The van der Waals surface area contributed by atoms with Gasteiger partial charge in [-0.3, -0.25) is 0 Å². The van der Waals surface area contributed by atoms with Crippen LogP contribution in [0, 0.1) is 6.92 Å². The van der Waals surface area contributed by atoms with Crippen molar-refractivity contribution >= 4 is 15.9 Å². The van der Waals surface area contributed by atoms with Gasteiger partial charge in [-0.05, 0) is 43.0 Å². The first-order valence-corrected chi connectivity index (χ1v) is 5.47. The van der Waals surface area contributed by atoms with Crippen LogP contribution in [0.1, 0.15) is 23.6 Å². The van der Waals surface area contributed by atoms with E-state index in [0.717, 1.165) is 13.0 Å². The van der Waals surface area contributed by atoms with Crippen LogP contribution in [0.2, 0.25) is 0 Å². The minimum absolute atomic E-state index is 0.603. The van der Waals surface area contributed by atoms with Gasteiger partial charge in [0.1, 0.15) is 0 Å². The summed E-state index contributed by atoms with van der Waals surface area (Å²) in [4.78, 5) is 0. The van der Waals surface area contributed by atoms with Crippen molar-refractivity contribution < 1.29 is 0 Å². The Hall–Kier alpha value is -0.340. The molecule has 0 aromatic heterocycles. The Kier molecular flexibility index (Phi) is 2.43. The maximum Gasteiger partial charge on any atom is 0.0213 e. The van der Waals surface area contributed by atoms with Gasteiger partial charge in [-0.1, -0.05) is 22.0 Å². The largest absolute Gasteiger partial charge is 0.310 e. The zero-order valence-corrected chi connectivity index (χ0v) is 9.61. The predicted octanol–water partition coefficient (Wildman–Crippen LogP) is 2.79. The van der Waals surface area contributed by atoms with E-state index >= 15 is 0 Å². The Labute approximate surface area is 87.7 Å². The van der Waals surface area contributed by atoms with E-state index in [0.29, 0.717) is 6.04 Å². The van der Waals surface area contributed by atoms with Crippen molar-refractivity contribution in [3.8, 4) is 0 Å². The number of fused-ring (bicyclic) bond motifs is 1. The summed E-state index contributed by atoms with van der Waals surface area (Å²) in [5, 5.41) is 3.47.